The number of likely N-dealkylation sites (tertiary alicyclic amines) is 1. The minimum atomic E-state index is -1.03. The summed E-state index contributed by atoms with van der Waals surface area (Å²) in [6, 6.07) is 6.55. The van der Waals surface area contributed by atoms with Crippen molar-refractivity contribution >= 4 is 11.9 Å². The maximum atomic E-state index is 13.4. The number of rotatable bonds is 8. The van der Waals surface area contributed by atoms with Gasteiger partial charge in [-0.1, -0.05) is 12.5 Å². The van der Waals surface area contributed by atoms with E-state index in [0.717, 1.165) is 49.8 Å². The van der Waals surface area contributed by atoms with Crippen LogP contribution in [0.15, 0.2) is 18.2 Å². The van der Waals surface area contributed by atoms with Crippen molar-refractivity contribution in [2.75, 3.05) is 19.6 Å². The summed E-state index contributed by atoms with van der Waals surface area (Å²) in [5.74, 6) is 1.38. The molecular formula is C32H41N3O4. The molecule has 0 atom stereocenters. The number of nitrogens with zero attached hydrogens (tertiary/aromatic N) is 3. The summed E-state index contributed by atoms with van der Waals surface area (Å²) in [5.41, 5.74) is 6.20. The highest BCUT2D eigenvalue weighted by Gasteiger charge is 2.35. The number of carbonyl (C=O) groups is 2. The maximum Gasteiger partial charge on any atom is 0.337 e. The third-order valence-electron chi connectivity index (χ3n) is 9.19. The smallest absolute Gasteiger partial charge is 0.337 e. The molecule has 7 heteroatoms. The zero-order valence-corrected chi connectivity index (χ0v) is 23.5. The average Bonchev–Trinajstić information content (AvgIpc) is 3.70. The SMILES string of the molecule is Cc1nc2c(cc1C(=O)O)C(=O)N(C1CCN(Cc3cc(C4CC4)c(C4CCC4)cc3OC(C)C)CC1)CC2. The van der Waals surface area contributed by atoms with E-state index >= 15 is 0 Å². The van der Waals surface area contributed by atoms with E-state index in [1.165, 1.54) is 43.7 Å². The number of piperidine rings is 1. The van der Waals surface area contributed by atoms with E-state index in [2.05, 4.69) is 35.9 Å². The molecule has 1 saturated heterocycles. The van der Waals surface area contributed by atoms with Gasteiger partial charge in [0.15, 0.2) is 0 Å². The lowest BCUT2D eigenvalue weighted by Crippen LogP contribution is -2.50. The number of carboxylic acid groups (broad SMARTS) is 1. The summed E-state index contributed by atoms with van der Waals surface area (Å²) in [7, 11) is 0. The normalized spacial score (nSPS) is 20.7. The first-order chi connectivity index (χ1) is 18.8. The fraction of sp³-hybridized carbons (Fsp3) is 0.594. The molecule has 2 aliphatic carbocycles. The molecule has 2 saturated carbocycles. The second-order valence-electron chi connectivity index (χ2n) is 12.3. The Labute approximate surface area is 231 Å². The molecule has 2 aliphatic heterocycles. The highest BCUT2D eigenvalue weighted by molar-refractivity contribution is 5.99. The van der Waals surface area contributed by atoms with Crippen molar-refractivity contribution in [2.45, 2.75) is 103 Å². The summed E-state index contributed by atoms with van der Waals surface area (Å²) in [5, 5.41) is 9.52. The highest BCUT2D eigenvalue weighted by atomic mass is 16.5. The number of carboxylic acids is 1. The van der Waals surface area contributed by atoms with Gasteiger partial charge < -0.3 is 14.7 Å². The molecule has 6 rings (SSSR count). The van der Waals surface area contributed by atoms with Gasteiger partial charge in [0, 0.05) is 44.2 Å². The van der Waals surface area contributed by atoms with Crippen LogP contribution in [0.5, 0.6) is 5.75 Å². The van der Waals surface area contributed by atoms with Crippen LogP contribution in [0.3, 0.4) is 0 Å². The number of ether oxygens (including phenoxy) is 1. The van der Waals surface area contributed by atoms with E-state index in [1.807, 2.05) is 4.90 Å². The van der Waals surface area contributed by atoms with Crippen LogP contribution in [0.25, 0.3) is 0 Å². The molecule has 1 aromatic heterocycles. The van der Waals surface area contributed by atoms with Crippen LogP contribution in [-0.2, 0) is 13.0 Å². The first-order valence-corrected chi connectivity index (χ1v) is 14.9. The van der Waals surface area contributed by atoms with Gasteiger partial charge in [-0.15, -0.1) is 0 Å². The quantitative estimate of drug-likeness (QED) is 0.472. The number of aryl methyl sites for hydroxylation is 1. The van der Waals surface area contributed by atoms with Crippen LogP contribution in [-0.4, -0.2) is 63.5 Å². The number of benzene rings is 1. The maximum absolute atomic E-state index is 13.4. The van der Waals surface area contributed by atoms with Crippen LogP contribution < -0.4 is 4.74 Å². The van der Waals surface area contributed by atoms with Gasteiger partial charge in [-0.3, -0.25) is 14.7 Å². The predicted octanol–water partition coefficient (Wildman–Crippen LogP) is 5.68. The van der Waals surface area contributed by atoms with Gasteiger partial charge >= 0.3 is 5.97 Å². The van der Waals surface area contributed by atoms with Gasteiger partial charge in [0.2, 0.25) is 0 Å². The molecule has 4 aliphatic rings. The minimum absolute atomic E-state index is 0.0713. The van der Waals surface area contributed by atoms with Crippen molar-refractivity contribution in [1.29, 1.82) is 0 Å². The molecule has 0 unspecified atom stereocenters. The summed E-state index contributed by atoms with van der Waals surface area (Å²) in [6.45, 7) is 9.29. The summed E-state index contributed by atoms with van der Waals surface area (Å²) in [4.78, 5) is 34.0. The number of hydrogen-bond donors (Lipinski definition) is 1. The van der Waals surface area contributed by atoms with Crippen molar-refractivity contribution in [1.82, 2.24) is 14.8 Å². The molecule has 1 amide bonds. The second kappa shape index (κ2) is 10.6. The lowest BCUT2D eigenvalue weighted by Gasteiger charge is -2.40. The molecule has 39 heavy (non-hydrogen) atoms. The van der Waals surface area contributed by atoms with Gasteiger partial charge in [-0.05, 0) is 94.4 Å². The number of pyridine rings is 1. The first kappa shape index (κ1) is 26.3. The molecule has 3 heterocycles. The molecule has 0 bridgehead atoms. The zero-order chi connectivity index (χ0) is 27.3. The number of aromatic nitrogens is 1. The average molecular weight is 532 g/mol. The molecule has 2 aromatic rings. The van der Waals surface area contributed by atoms with Crippen LogP contribution >= 0.6 is 0 Å². The van der Waals surface area contributed by atoms with Gasteiger partial charge in [-0.2, -0.15) is 0 Å². The van der Waals surface area contributed by atoms with E-state index in [0.29, 0.717) is 30.1 Å². The molecular weight excluding hydrogens is 490 g/mol. The van der Waals surface area contributed by atoms with Gasteiger partial charge in [0.25, 0.3) is 5.91 Å². The topological polar surface area (TPSA) is 83.0 Å². The van der Waals surface area contributed by atoms with Gasteiger partial charge in [0.05, 0.1) is 28.6 Å². The Morgan fingerprint density at radius 2 is 1.72 bits per heavy atom. The fourth-order valence-electron chi connectivity index (χ4n) is 6.68. The van der Waals surface area contributed by atoms with Gasteiger partial charge in [0.1, 0.15) is 5.75 Å². The standard InChI is InChI=1S/C32H41N3O4/c1-19(2)39-30-17-27(21-5-4-6-21)26(22-7-8-22)15-23(30)18-34-12-9-24(10-13-34)35-14-11-29-28(31(35)36)16-25(32(37)38)20(3)33-29/h15-17,19,21-22,24H,4-14,18H2,1-3H3,(H,37,38). The Balaban J connectivity index is 1.15. The minimum Gasteiger partial charge on any atom is -0.491 e. The molecule has 0 radical (unpaired) electrons. The van der Waals surface area contributed by atoms with Crippen LogP contribution in [0, 0.1) is 6.92 Å². The van der Waals surface area contributed by atoms with Crippen molar-refractivity contribution in [3.63, 3.8) is 0 Å². The molecule has 0 spiro atoms. The highest BCUT2D eigenvalue weighted by Crippen LogP contribution is 2.49. The zero-order valence-electron chi connectivity index (χ0n) is 23.5. The van der Waals surface area contributed by atoms with Crippen molar-refractivity contribution in [3.05, 3.63) is 57.4 Å². The first-order valence-electron chi connectivity index (χ1n) is 14.9. The number of aromatic carboxylic acids is 1. The summed E-state index contributed by atoms with van der Waals surface area (Å²) >= 11 is 0. The van der Waals surface area contributed by atoms with E-state index < -0.39 is 5.97 Å². The Morgan fingerprint density at radius 3 is 2.33 bits per heavy atom. The van der Waals surface area contributed by atoms with Crippen LogP contribution in [0.4, 0.5) is 0 Å². The number of carbonyl (C=O) groups excluding carboxylic acids is 1. The molecule has 208 valence electrons. The lowest BCUT2D eigenvalue weighted by atomic mass is 9.77. The van der Waals surface area contributed by atoms with E-state index in [1.54, 1.807) is 18.1 Å². The monoisotopic (exact) mass is 531 g/mol. The third-order valence-corrected chi connectivity index (χ3v) is 9.19. The van der Waals surface area contributed by atoms with E-state index in [-0.39, 0.29) is 23.6 Å². The van der Waals surface area contributed by atoms with Crippen molar-refractivity contribution < 1.29 is 19.4 Å². The second-order valence-corrected chi connectivity index (χ2v) is 12.3. The largest absolute Gasteiger partial charge is 0.491 e. The summed E-state index contributed by atoms with van der Waals surface area (Å²) < 4.78 is 6.37. The number of amides is 1. The van der Waals surface area contributed by atoms with Gasteiger partial charge in [-0.25, -0.2) is 4.79 Å². The molecule has 3 fully saturated rings. The Kier molecular flexibility index (Phi) is 7.13. The van der Waals surface area contributed by atoms with Crippen LogP contribution in [0.1, 0.15) is 119 Å². The molecule has 1 N–H and O–H groups in total. The van der Waals surface area contributed by atoms with Crippen LogP contribution in [0.2, 0.25) is 0 Å². The summed E-state index contributed by atoms with van der Waals surface area (Å²) in [6.07, 6.45) is 9.23. The molecule has 7 nitrogen and oxygen atoms in total. The number of fused-ring (bicyclic) bond motifs is 1. The van der Waals surface area contributed by atoms with Crippen molar-refractivity contribution in [3.8, 4) is 5.75 Å². The Hall–Kier alpha value is -2.93. The predicted molar refractivity (Wildman–Crippen MR) is 150 cm³/mol. The fourth-order valence-corrected chi connectivity index (χ4v) is 6.68. The lowest BCUT2D eigenvalue weighted by molar-refractivity contribution is 0.0542. The Morgan fingerprint density at radius 1 is 1.03 bits per heavy atom. The van der Waals surface area contributed by atoms with E-state index in [9.17, 15) is 14.7 Å². The third kappa shape index (κ3) is 5.30. The van der Waals surface area contributed by atoms with E-state index in [4.69, 9.17) is 4.74 Å². The Bertz CT molecular complexity index is 1270. The number of hydrogen-bond acceptors (Lipinski definition) is 5. The van der Waals surface area contributed by atoms with Crippen molar-refractivity contribution in [2.24, 2.45) is 0 Å². The molecule has 1 aromatic carbocycles.